The largest absolute Gasteiger partial charge is 0.365 e. The number of anilines is 1. The summed E-state index contributed by atoms with van der Waals surface area (Å²) in [5, 5.41) is 3.86. The smallest absolute Gasteiger partial charge is 0.256 e. The molecule has 1 heterocycles. The molecule has 2 amide bonds. The molecular weight excluding hydrogens is 332 g/mol. The Kier molecular flexibility index (Phi) is 4.41. The number of hydrogen-bond donors (Lipinski definition) is 2. The zero-order chi connectivity index (χ0) is 16.6. The SMILES string of the molecule is CC1CCc2c(sc(NC(=O)c3cccc(Cl)c3)c2C(N)=O)C1. The number of carbonyl (C=O) groups is 2. The minimum atomic E-state index is -0.488. The normalized spacial score (nSPS) is 16.7. The first-order valence-corrected chi connectivity index (χ1v) is 8.66. The molecule has 0 saturated carbocycles. The van der Waals surface area contributed by atoms with Crippen molar-refractivity contribution in [2.45, 2.75) is 26.2 Å². The summed E-state index contributed by atoms with van der Waals surface area (Å²) in [5.41, 5.74) is 7.47. The number of benzene rings is 1. The Balaban J connectivity index is 1.94. The molecule has 6 heteroatoms. The highest BCUT2D eigenvalue weighted by atomic mass is 35.5. The van der Waals surface area contributed by atoms with Crippen LogP contribution in [-0.4, -0.2) is 11.8 Å². The molecule has 0 spiro atoms. The van der Waals surface area contributed by atoms with Gasteiger partial charge in [0, 0.05) is 15.5 Å². The number of primary amides is 1. The maximum atomic E-state index is 12.4. The summed E-state index contributed by atoms with van der Waals surface area (Å²) in [7, 11) is 0. The van der Waals surface area contributed by atoms with Gasteiger partial charge in [0.2, 0.25) is 0 Å². The van der Waals surface area contributed by atoms with E-state index in [-0.39, 0.29) is 5.91 Å². The van der Waals surface area contributed by atoms with Crippen molar-refractivity contribution >= 4 is 39.8 Å². The number of carbonyl (C=O) groups excluding carboxylic acids is 2. The molecule has 1 atom stereocenters. The van der Waals surface area contributed by atoms with E-state index in [1.54, 1.807) is 24.3 Å². The standard InChI is InChI=1S/C17H17ClN2O2S/c1-9-5-6-12-13(7-9)23-17(14(12)15(19)21)20-16(22)10-3-2-4-11(18)8-10/h2-4,8-9H,5-7H2,1H3,(H2,19,21)(H,20,22). The van der Waals surface area contributed by atoms with Crippen LogP contribution in [0.15, 0.2) is 24.3 Å². The predicted molar refractivity (Wildman–Crippen MR) is 93.4 cm³/mol. The third-order valence-electron chi connectivity index (χ3n) is 4.07. The number of fused-ring (bicyclic) bond motifs is 1. The second kappa shape index (κ2) is 6.34. The van der Waals surface area contributed by atoms with E-state index < -0.39 is 5.91 Å². The van der Waals surface area contributed by atoms with Gasteiger partial charge in [-0.25, -0.2) is 0 Å². The summed E-state index contributed by atoms with van der Waals surface area (Å²) in [6.45, 7) is 2.19. The van der Waals surface area contributed by atoms with Gasteiger partial charge in [-0.3, -0.25) is 9.59 Å². The molecule has 0 fully saturated rings. The van der Waals surface area contributed by atoms with E-state index in [0.29, 0.717) is 27.1 Å². The fourth-order valence-electron chi connectivity index (χ4n) is 2.90. The van der Waals surface area contributed by atoms with E-state index in [1.807, 2.05) is 0 Å². The summed E-state index contributed by atoms with van der Waals surface area (Å²) in [6, 6.07) is 6.70. The number of hydrogen-bond acceptors (Lipinski definition) is 3. The number of thiophene rings is 1. The summed E-state index contributed by atoms with van der Waals surface area (Å²) in [4.78, 5) is 25.4. The zero-order valence-electron chi connectivity index (χ0n) is 12.7. The zero-order valence-corrected chi connectivity index (χ0v) is 14.3. The minimum Gasteiger partial charge on any atom is -0.365 e. The fourth-order valence-corrected chi connectivity index (χ4v) is 4.51. The van der Waals surface area contributed by atoms with Gasteiger partial charge in [-0.2, -0.15) is 0 Å². The lowest BCUT2D eigenvalue weighted by Crippen LogP contribution is -2.19. The number of amides is 2. The Morgan fingerprint density at radius 1 is 1.39 bits per heavy atom. The fraction of sp³-hybridized carbons (Fsp3) is 0.294. The second-order valence-electron chi connectivity index (χ2n) is 5.88. The lowest BCUT2D eigenvalue weighted by atomic mass is 9.88. The highest BCUT2D eigenvalue weighted by Crippen LogP contribution is 2.39. The molecule has 1 aliphatic rings. The van der Waals surface area contributed by atoms with E-state index in [2.05, 4.69) is 12.2 Å². The Labute approximate surface area is 143 Å². The van der Waals surface area contributed by atoms with Crippen LogP contribution in [0.5, 0.6) is 0 Å². The van der Waals surface area contributed by atoms with E-state index in [9.17, 15) is 9.59 Å². The van der Waals surface area contributed by atoms with Gasteiger partial charge in [0.05, 0.1) is 5.56 Å². The highest BCUT2D eigenvalue weighted by Gasteiger charge is 2.27. The van der Waals surface area contributed by atoms with Crippen molar-refractivity contribution in [2.24, 2.45) is 11.7 Å². The third-order valence-corrected chi connectivity index (χ3v) is 5.48. The molecule has 0 bridgehead atoms. The first-order valence-electron chi connectivity index (χ1n) is 7.47. The van der Waals surface area contributed by atoms with Crippen LogP contribution in [0.1, 0.15) is 44.5 Å². The summed E-state index contributed by atoms with van der Waals surface area (Å²) >= 11 is 7.38. The first-order chi connectivity index (χ1) is 11.0. The van der Waals surface area contributed by atoms with Crippen molar-refractivity contribution < 1.29 is 9.59 Å². The molecule has 0 radical (unpaired) electrons. The van der Waals surface area contributed by atoms with E-state index in [4.69, 9.17) is 17.3 Å². The molecule has 1 unspecified atom stereocenters. The quantitative estimate of drug-likeness (QED) is 0.883. The molecule has 2 aromatic rings. The molecule has 3 N–H and O–H groups in total. The average Bonchev–Trinajstić information content (AvgIpc) is 2.84. The molecule has 23 heavy (non-hydrogen) atoms. The lowest BCUT2D eigenvalue weighted by Gasteiger charge is -2.18. The second-order valence-corrected chi connectivity index (χ2v) is 7.43. The molecule has 120 valence electrons. The highest BCUT2D eigenvalue weighted by molar-refractivity contribution is 7.17. The molecule has 3 rings (SSSR count). The van der Waals surface area contributed by atoms with Crippen LogP contribution < -0.4 is 11.1 Å². The maximum absolute atomic E-state index is 12.4. The van der Waals surface area contributed by atoms with Crippen LogP contribution >= 0.6 is 22.9 Å². The topological polar surface area (TPSA) is 72.2 Å². The van der Waals surface area contributed by atoms with Gasteiger partial charge in [0.15, 0.2) is 0 Å². The van der Waals surface area contributed by atoms with E-state index >= 15 is 0 Å². The van der Waals surface area contributed by atoms with Gasteiger partial charge in [-0.1, -0.05) is 24.6 Å². The molecule has 1 aromatic heterocycles. The van der Waals surface area contributed by atoms with Crippen LogP contribution in [0, 0.1) is 5.92 Å². The van der Waals surface area contributed by atoms with Gasteiger partial charge in [0.25, 0.3) is 11.8 Å². The Bertz CT molecular complexity index is 785. The average molecular weight is 349 g/mol. The van der Waals surface area contributed by atoms with Gasteiger partial charge < -0.3 is 11.1 Å². The Morgan fingerprint density at radius 2 is 2.17 bits per heavy atom. The van der Waals surface area contributed by atoms with E-state index in [1.165, 1.54) is 11.3 Å². The third kappa shape index (κ3) is 3.26. The van der Waals surface area contributed by atoms with Crippen LogP contribution in [0.3, 0.4) is 0 Å². The molecule has 1 aliphatic carbocycles. The van der Waals surface area contributed by atoms with Crippen LogP contribution in [0.2, 0.25) is 5.02 Å². The molecule has 0 aliphatic heterocycles. The monoisotopic (exact) mass is 348 g/mol. The number of halogens is 1. The number of nitrogens with two attached hydrogens (primary N) is 1. The Hall–Kier alpha value is -1.85. The van der Waals surface area contributed by atoms with Gasteiger partial charge in [0.1, 0.15) is 5.00 Å². The maximum Gasteiger partial charge on any atom is 0.256 e. The predicted octanol–water partition coefficient (Wildman–Crippen LogP) is 3.88. The van der Waals surface area contributed by atoms with Crippen LogP contribution in [0.4, 0.5) is 5.00 Å². The first kappa shape index (κ1) is 16.0. The van der Waals surface area contributed by atoms with Crippen molar-refractivity contribution in [1.29, 1.82) is 0 Å². The van der Waals surface area contributed by atoms with Gasteiger partial charge in [-0.15, -0.1) is 11.3 Å². The Morgan fingerprint density at radius 3 is 2.87 bits per heavy atom. The van der Waals surface area contributed by atoms with Gasteiger partial charge in [-0.05, 0) is 48.9 Å². The van der Waals surface area contributed by atoms with Crippen molar-refractivity contribution in [3.8, 4) is 0 Å². The molecule has 1 aromatic carbocycles. The lowest BCUT2D eigenvalue weighted by molar-refractivity contribution is 0.1000. The molecular formula is C17H17ClN2O2S. The van der Waals surface area contributed by atoms with E-state index in [0.717, 1.165) is 29.7 Å². The van der Waals surface area contributed by atoms with Crippen molar-refractivity contribution in [2.75, 3.05) is 5.32 Å². The molecule has 0 saturated heterocycles. The summed E-state index contributed by atoms with van der Waals surface area (Å²) in [5.74, 6) is -0.196. The minimum absolute atomic E-state index is 0.290. The van der Waals surface area contributed by atoms with Crippen molar-refractivity contribution in [3.05, 3.63) is 50.9 Å². The van der Waals surface area contributed by atoms with Gasteiger partial charge >= 0.3 is 0 Å². The molecule has 4 nitrogen and oxygen atoms in total. The summed E-state index contributed by atoms with van der Waals surface area (Å²) in [6.07, 6.45) is 2.79. The van der Waals surface area contributed by atoms with Crippen molar-refractivity contribution in [1.82, 2.24) is 0 Å². The summed E-state index contributed by atoms with van der Waals surface area (Å²) < 4.78 is 0. The number of rotatable bonds is 3. The van der Waals surface area contributed by atoms with Crippen LogP contribution in [-0.2, 0) is 12.8 Å². The van der Waals surface area contributed by atoms with Crippen molar-refractivity contribution in [3.63, 3.8) is 0 Å². The number of nitrogens with one attached hydrogen (secondary N) is 1. The van der Waals surface area contributed by atoms with Crippen LogP contribution in [0.25, 0.3) is 0 Å².